The normalized spacial score (nSPS) is 13.0. The van der Waals surface area contributed by atoms with Gasteiger partial charge in [-0.25, -0.2) is 4.98 Å². The average molecular weight is 228 g/mol. The largest absolute Gasteiger partial charge is 0.374 e. The number of methoxy groups -OCH3 is 1. The lowest BCUT2D eigenvalue weighted by atomic mass is 10.2. The summed E-state index contributed by atoms with van der Waals surface area (Å²) in [5, 5.41) is 4.40. The quantitative estimate of drug-likeness (QED) is 0.779. The third-order valence-electron chi connectivity index (χ3n) is 2.23. The molecule has 0 amide bonds. The van der Waals surface area contributed by atoms with Gasteiger partial charge in [-0.05, 0) is 13.0 Å². The van der Waals surface area contributed by atoms with Crippen molar-refractivity contribution in [2.45, 2.75) is 39.3 Å². The van der Waals surface area contributed by atoms with Crippen LogP contribution in [0.2, 0.25) is 0 Å². The van der Waals surface area contributed by atoms with Crippen LogP contribution in [0.1, 0.15) is 42.7 Å². The molecule has 0 aliphatic heterocycles. The van der Waals surface area contributed by atoms with Gasteiger partial charge < -0.3 is 10.1 Å². The minimum Gasteiger partial charge on any atom is -0.374 e. The first-order valence-electron chi connectivity index (χ1n) is 5.49. The predicted octanol–water partition coefficient (Wildman–Crippen LogP) is 2.74. The Morgan fingerprint density at radius 2 is 2.33 bits per heavy atom. The molecule has 1 unspecified atom stereocenters. The van der Waals surface area contributed by atoms with Crippen molar-refractivity contribution in [3.8, 4) is 0 Å². The van der Waals surface area contributed by atoms with Gasteiger partial charge in [0.05, 0.1) is 0 Å². The number of hydrogen-bond acceptors (Lipinski definition) is 4. The van der Waals surface area contributed by atoms with Crippen LogP contribution in [0.15, 0.2) is 6.20 Å². The number of hydrogen-bond donors (Lipinski definition) is 1. The zero-order valence-corrected chi connectivity index (χ0v) is 10.6. The number of aromatic nitrogens is 1. The molecular weight excluding hydrogens is 208 g/mol. The van der Waals surface area contributed by atoms with Crippen molar-refractivity contribution in [1.29, 1.82) is 0 Å². The van der Waals surface area contributed by atoms with Crippen molar-refractivity contribution in [3.63, 3.8) is 0 Å². The number of rotatable bonds is 7. The zero-order chi connectivity index (χ0) is 11.1. The molecule has 1 heterocycles. The maximum atomic E-state index is 5.42. The molecule has 0 fully saturated rings. The fraction of sp³-hybridized carbons (Fsp3) is 0.727. The van der Waals surface area contributed by atoms with Crippen LogP contribution in [0, 0.1) is 0 Å². The molecule has 0 radical (unpaired) electrons. The van der Waals surface area contributed by atoms with Gasteiger partial charge in [-0.15, -0.1) is 11.3 Å². The van der Waals surface area contributed by atoms with Crippen molar-refractivity contribution in [2.75, 3.05) is 13.7 Å². The number of thiazole rings is 1. The topological polar surface area (TPSA) is 34.1 Å². The Hall–Kier alpha value is -0.450. The first-order chi connectivity index (χ1) is 7.31. The van der Waals surface area contributed by atoms with Crippen molar-refractivity contribution in [3.05, 3.63) is 16.1 Å². The molecule has 0 aliphatic rings. The Balaban J connectivity index is 2.56. The lowest BCUT2D eigenvalue weighted by molar-refractivity contribution is 0.0947. The second-order valence-corrected chi connectivity index (χ2v) is 4.60. The first-order valence-corrected chi connectivity index (χ1v) is 6.31. The maximum absolute atomic E-state index is 5.42. The molecule has 0 bridgehead atoms. The van der Waals surface area contributed by atoms with E-state index in [-0.39, 0.29) is 6.10 Å². The second-order valence-electron chi connectivity index (χ2n) is 3.46. The SMILES string of the molecule is CCCC(OC)c1ncc(CNCC)s1. The fourth-order valence-corrected chi connectivity index (χ4v) is 2.40. The van der Waals surface area contributed by atoms with E-state index in [2.05, 4.69) is 24.1 Å². The molecule has 3 nitrogen and oxygen atoms in total. The van der Waals surface area contributed by atoms with Crippen LogP contribution in [0.3, 0.4) is 0 Å². The second kappa shape index (κ2) is 6.93. The highest BCUT2D eigenvalue weighted by molar-refractivity contribution is 7.11. The molecule has 1 rings (SSSR count). The van der Waals surface area contributed by atoms with E-state index in [4.69, 9.17) is 4.74 Å². The van der Waals surface area contributed by atoms with Crippen LogP contribution in [0.4, 0.5) is 0 Å². The van der Waals surface area contributed by atoms with Crippen molar-refractivity contribution >= 4 is 11.3 Å². The molecule has 0 saturated heterocycles. The third kappa shape index (κ3) is 3.89. The summed E-state index contributed by atoms with van der Waals surface area (Å²) in [5.74, 6) is 0. The van der Waals surface area contributed by atoms with Gasteiger partial charge in [0.1, 0.15) is 11.1 Å². The zero-order valence-electron chi connectivity index (χ0n) is 9.75. The van der Waals surface area contributed by atoms with E-state index >= 15 is 0 Å². The minimum absolute atomic E-state index is 0.176. The number of ether oxygens (including phenoxy) is 1. The molecule has 4 heteroatoms. The molecule has 0 saturated carbocycles. The summed E-state index contributed by atoms with van der Waals surface area (Å²) in [6.07, 6.45) is 4.30. The Bertz CT molecular complexity index is 275. The van der Waals surface area contributed by atoms with Gasteiger partial charge in [0.15, 0.2) is 0 Å². The Kier molecular flexibility index (Phi) is 5.83. The molecule has 86 valence electrons. The maximum Gasteiger partial charge on any atom is 0.122 e. The average Bonchev–Trinajstić information content (AvgIpc) is 2.71. The van der Waals surface area contributed by atoms with E-state index in [1.165, 1.54) is 4.88 Å². The van der Waals surface area contributed by atoms with E-state index in [1.807, 2.05) is 6.20 Å². The summed E-state index contributed by atoms with van der Waals surface area (Å²) in [6.45, 7) is 6.18. The van der Waals surface area contributed by atoms with E-state index < -0.39 is 0 Å². The predicted molar refractivity (Wildman–Crippen MR) is 64.2 cm³/mol. The van der Waals surface area contributed by atoms with Crippen LogP contribution in [0.5, 0.6) is 0 Å². The molecular formula is C11H20N2OS. The summed E-state index contributed by atoms with van der Waals surface area (Å²) in [7, 11) is 1.76. The number of nitrogens with one attached hydrogen (secondary N) is 1. The van der Waals surface area contributed by atoms with E-state index in [0.717, 1.165) is 30.9 Å². The highest BCUT2D eigenvalue weighted by Crippen LogP contribution is 2.26. The first kappa shape index (κ1) is 12.6. The molecule has 0 spiro atoms. The fourth-order valence-electron chi connectivity index (χ4n) is 1.41. The summed E-state index contributed by atoms with van der Waals surface area (Å²) < 4.78 is 5.42. The van der Waals surface area contributed by atoms with Crippen molar-refractivity contribution in [1.82, 2.24) is 10.3 Å². The Labute approximate surface area is 95.9 Å². The van der Waals surface area contributed by atoms with Gasteiger partial charge in [-0.1, -0.05) is 20.3 Å². The standard InChI is InChI=1S/C11H20N2OS/c1-4-6-10(14-3)11-13-8-9(15-11)7-12-5-2/h8,10,12H,4-7H2,1-3H3. The van der Waals surface area contributed by atoms with E-state index in [1.54, 1.807) is 18.4 Å². The molecule has 0 aromatic carbocycles. The minimum atomic E-state index is 0.176. The molecule has 0 aliphatic carbocycles. The summed E-state index contributed by atoms with van der Waals surface area (Å²) in [6, 6.07) is 0. The van der Waals surface area contributed by atoms with Gasteiger partial charge in [-0.3, -0.25) is 0 Å². The monoisotopic (exact) mass is 228 g/mol. The van der Waals surface area contributed by atoms with E-state index in [0.29, 0.717) is 0 Å². The van der Waals surface area contributed by atoms with Gasteiger partial charge >= 0.3 is 0 Å². The van der Waals surface area contributed by atoms with Crippen LogP contribution in [-0.4, -0.2) is 18.6 Å². The molecule has 1 aromatic rings. The Morgan fingerprint density at radius 1 is 1.53 bits per heavy atom. The lowest BCUT2D eigenvalue weighted by Crippen LogP contribution is -2.10. The highest BCUT2D eigenvalue weighted by Gasteiger charge is 2.13. The van der Waals surface area contributed by atoms with Crippen molar-refractivity contribution < 1.29 is 4.74 Å². The lowest BCUT2D eigenvalue weighted by Gasteiger charge is -2.10. The molecule has 1 atom stereocenters. The third-order valence-corrected chi connectivity index (χ3v) is 3.32. The van der Waals surface area contributed by atoms with Gasteiger partial charge in [-0.2, -0.15) is 0 Å². The molecule has 15 heavy (non-hydrogen) atoms. The van der Waals surface area contributed by atoms with Crippen molar-refractivity contribution in [2.24, 2.45) is 0 Å². The van der Waals surface area contributed by atoms with Crippen LogP contribution >= 0.6 is 11.3 Å². The highest BCUT2D eigenvalue weighted by atomic mass is 32.1. The summed E-state index contributed by atoms with van der Waals surface area (Å²) in [4.78, 5) is 5.69. The van der Waals surface area contributed by atoms with Gasteiger partial charge in [0.2, 0.25) is 0 Å². The summed E-state index contributed by atoms with van der Waals surface area (Å²) in [5.41, 5.74) is 0. The van der Waals surface area contributed by atoms with Crippen LogP contribution < -0.4 is 5.32 Å². The summed E-state index contributed by atoms with van der Waals surface area (Å²) >= 11 is 1.75. The number of nitrogens with zero attached hydrogens (tertiary/aromatic N) is 1. The van der Waals surface area contributed by atoms with Gasteiger partial charge in [0, 0.05) is 24.7 Å². The smallest absolute Gasteiger partial charge is 0.122 e. The molecule has 1 aromatic heterocycles. The van der Waals surface area contributed by atoms with Crippen LogP contribution in [-0.2, 0) is 11.3 Å². The van der Waals surface area contributed by atoms with E-state index in [9.17, 15) is 0 Å². The van der Waals surface area contributed by atoms with Crippen LogP contribution in [0.25, 0.3) is 0 Å². The molecule has 1 N–H and O–H groups in total. The van der Waals surface area contributed by atoms with Gasteiger partial charge in [0.25, 0.3) is 0 Å². The Morgan fingerprint density at radius 3 is 2.93 bits per heavy atom.